The van der Waals surface area contributed by atoms with Crippen LogP contribution in [0.3, 0.4) is 0 Å². The van der Waals surface area contributed by atoms with Gasteiger partial charge in [0.15, 0.2) is 0 Å². The van der Waals surface area contributed by atoms with Gasteiger partial charge >= 0.3 is 0 Å². The van der Waals surface area contributed by atoms with E-state index in [9.17, 15) is 0 Å². The summed E-state index contributed by atoms with van der Waals surface area (Å²) in [7, 11) is 0. The summed E-state index contributed by atoms with van der Waals surface area (Å²) < 4.78 is 10.6. The first-order chi connectivity index (χ1) is 8.70. The van der Waals surface area contributed by atoms with Crippen LogP contribution in [0.15, 0.2) is 40.9 Å². The average Bonchev–Trinajstić information content (AvgIpc) is 2.85. The predicted octanol–water partition coefficient (Wildman–Crippen LogP) is 3.43. The van der Waals surface area contributed by atoms with Crippen molar-refractivity contribution >= 4 is 11.6 Å². The first kappa shape index (κ1) is 12.6. The summed E-state index contributed by atoms with van der Waals surface area (Å²) in [5, 5.41) is 3.87. The first-order valence-corrected chi connectivity index (χ1v) is 5.99. The molecule has 18 heavy (non-hydrogen) atoms. The Kier molecular flexibility index (Phi) is 3.99. The molecular formula is C13H13ClN2O2. The molecule has 0 saturated heterocycles. The van der Waals surface area contributed by atoms with Crippen LogP contribution in [0.25, 0.3) is 11.4 Å². The number of benzene rings is 1. The van der Waals surface area contributed by atoms with Gasteiger partial charge in [-0.2, -0.15) is 4.98 Å². The van der Waals surface area contributed by atoms with Crippen molar-refractivity contribution in [3.8, 4) is 17.1 Å². The normalized spacial score (nSPS) is 10.3. The standard InChI is InChI=1S/C13H13ClN2O2/c1-9(2)8-17-11-6-4-3-5-10(11)13-15-12(7-14)18-16-13/h3-6H,1,7-8H2,2H3. The molecule has 4 nitrogen and oxygen atoms in total. The molecule has 2 rings (SSSR count). The third-order valence-corrected chi connectivity index (χ3v) is 2.41. The fraction of sp³-hybridized carbons (Fsp3) is 0.231. The maximum absolute atomic E-state index is 5.64. The highest BCUT2D eigenvalue weighted by molar-refractivity contribution is 6.16. The van der Waals surface area contributed by atoms with Gasteiger partial charge < -0.3 is 9.26 Å². The van der Waals surface area contributed by atoms with Crippen LogP contribution >= 0.6 is 11.6 Å². The molecule has 0 bridgehead atoms. The lowest BCUT2D eigenvalue weighted by Crippen LogP contribution is -1.99. The molecule has 0 aliphatic rings. The van der Waals surface area contributed by atoms with E-state index >= 15 is 0 Å². The Morgan fingerprint density at radius 2 is 2.22 bits per heavy atom. The number of rotatable bonds is 5. The monoisotopic (exact) mass is 264 g/mol. The number of alkyl halides is 1. The number of hydrogen-bond acceptors (Lipinski definition) is 4. The molecule has 0 aliphatic heterocycles. The van der Waals surface area contributed by atoms with Crippen molar-refractivity contribution in [2.75, 3.05) is 6.61 Å². The third kappa shape index (κ3) is 2.90. The molecule has 0 amide bonds. The lowest BCUT2D eigenvalue weighted by molar-refractivity contribution is 0.353. The number of nitrogens with zero attached hydrogens (tertiary/aromatic N) is 2. The predicted molar refractivity (Wildman–Crippen MR) is 69.6 cm³/mol. The topological polar surface area (TPSA) is 48.2 Å². The largest absolute Gasteiger partial charge is 0.489 e. The summed E-state index contributed by atoms with van der Waals surface area (Å²) in [4.78, 5) is 4.17. The molecule has 5 heteroatoms. The second kappa shape index (κ2) is 5.69. The lowest BCUT2D eigenvalue weighted by atomic mass is 10.2. The van der Waals surface area contributed by atoms with Crippen LogP contribution in [0.2, 0.25) is 0 Å². The van der Waals surface area contributed by atoms with Gasteiger partial charge in [-0.3, -0.25) is 0 Å². The van der Waals surface area contributed by atoms with Crippen LogP contribution in [-0.4, -0.2) is 16.7 Å². The Morgan fingerprint density at radius 1 is 1.44 bits per heavy atom. The van der Waals surface area contributed by atoms with Gasteiger partial charge in [0, 0.05) is 0 Å². The average molecular weight is 265 g/mol. The van der Waals surface area contributed by atoms with E-state index in [1.807, 2.05) is 31.2 Å². The fourth-order valence-electron chi connectivity index (χ4n) is 1.40. The molecule has 1 aromatic carbocycles. The molecule has 0 radical (unpaired) electrons. The smallest absolute Gasteiger partial charge is 0.241 e. The van der Waals surface area contributed by atoms with Crippen LogP contribution in [0.4, 0.5) is 0 Å². The van der Waals surface area contributed by atoms with Crippen LogP contribution in [0.1, 0.15) is 12.8 Å². The van der Waals surface area contributed by atoms with Crippen molar-refractivity contribution in [1.82, 2.24) is 10.1 Å². The molecular weight excluding hydrogens is 252 g/mol. The molecule has 0 aliphatic carbocycles. The second-order valence-corrected chi connectivity index (χ2v) is 4.15. The van der Waals surface area contributed by atoms with Crippen molar-refractivity contribution in [2.24, 2.45) is 0 Å². The van der Waals surface area contributed by atoms with Gasteiger partial charge in [-0.1, -0.05) is 23.9 Å². The zero-order chi connectivity index (χ0) is 13.0. The van der Waals surface area contributed by atoms with Crippen molar-refractivity contribution in [1.29, 1.82) is 0 Å². The third-order valence-electron chi connectivity index (χ3n) is 2.18. The minimum atomic E-state index is 0.196. The zero-order valence-electron chi connectivity index (χ0n) is 10.0. The molecule has 0 unspecified atom stereocenters. The lowest BCUT2D eigenvalue weighted by Gasteiger charge is -2.08. The highest BCUT2D eigenvalue weighted by Gasteiger charge is 2.12. The quantitative estimate of drug-likeness (QED) is 0.613. The van der Waals surface area contributed by atoms with Crippen molar-refractivity contribution < 1.29 is 9.26 Å². The van der Waals surface area contributed by atoms with E-state index in [4.69, 9.17) is 20.9 Å². The van der Waals surface area contributed by atoms with E-state index in [0.29, 0.717) is 24.1 Å². The molecule has 0 N–H and O–H groups in total. The fourth-order valence-corrected chi connectivity index (χ4v) is 1.51. The van der Waals surface area contributed by atoms with Gasteiger partial charge in [-0.15, -0.1) is 11.6 Å². The second-order valence-electron chi connectivity index (χ2n) is 3.89. The van der Waals surface area contributed by atoms with E-state index in [2.05, 4.69) is 16.7 Å². The Balaban J connectivity index is 2.29. The summed E-state index contributed by atoms with van der Waals surface area (Å²) in [6.45, 7) is 6.16. The summed E-state index contributed by atoms with van der Waals surface area (Å²) in [5.41, 5.74) is 1.72. The van der Waals surface area contributed by atoms with Crippen LogP contribution in [-0.2, 0) is 5.88 Å². The van der Waals surface area contributed by atoms with Gasteiger partial charge in [0.1, 0.15) is 18.2 Å². The number of halogens is 1. The summed E-state index contributed by atoms with van der Waals surface area (Å²) in [6, 6.07) is 7.51. The van der Waals surface area contributed by atoms with Crippen LogP contribution in [0.5, 0.6) is 5.75 Å². The molecule has 0 fully saturated rings. The maximum atomic E-state index is 5.64. The number of ether oxygens (including phenoxy) is 1. The van der Waals surface area contributed by atoms with E-state index in [1.54, 1.807) is 0 Å². The summed E-state index contributed by atoms with van der Waals surface area (Å²) in [5.74, 6) is 1.76. The molecule has 0 saturated carbocycles. The highest BCUT2D eigenvalue weighted by Crippen LogP contribution is 2.27. The van der Waals surface area contributed by atoms with Crippen LogP contribution in [0, 0.1) is 0 Å². The Labute approximate surface area is 110 Å². The van der Waals surface area contributed by atoms with E-state index in [1.165, 1.54) is 0 Å². The Bertz CT molecular complexity index is 551. The number of hydrogen-bond donors (Lipinski definition) is 0. The molecule has 1 heterocycles. The van der Waals surface area contributed by atoms with Crippen molar-refractivity contribution in [3.05, 3.63) is 42.3 Å². The van der Waals surface area contributed by atoms with Crippen LogP contribution < -0.4 is 4.74 Å². The van der Waals surface area contributed by atoms with Gasteiger partial charge in [0.05, 0.1) is 5.56 Å². The van der Waals surface area contributed by atoms with Crippen molar-refractivity contribution in [3.63, 3.8) is 0 Å². The highest BCUT2D eigenvalue weighted by atomic mass is 35.5. The summed E-state index contributed by atoms with van der Waals surface area (Å²) in [6.07, 6.45) is 0. The van der Waals surface area contributed by atoms with E-state index < -0.39 is 0 Å². The Hall–Kier alpha value is -1.81. The number of para-hydroxylation sites is 1. The first-order valence-electron chi connectivity index (χ1n) is 5.46. The minimum absolute atomic E-state index is 0.196. The van der Waals surface area contributed by atoms with Gasteiger partial charge in [0.25, 0.3) is 0 Å². The van der Waals surface area contributed by atoms with E-state index in [-0.39, 0.29) is 5.88 Å². The summed E-state index contributed by atoms with van der Waals surface area (Å²) >= 11 is 5.63. The molecule has 0 atom stereocenters. The maximum Gasteiger partial charge on any atom is 0.241 e. The Morgan fingerprint density at radius 3 is 2.89 bits per heavy atom. The van der Waals surface area contributed by atoms with E-state index in [0.717, 1.165) is 11.1 Å². The van der Waals surface area contributed by atoms with Gasteiger partial charge in [-0.05, 0) is 24.6 Å². The van der Waals surface area contributed by atoms with Crippen molar-refractivity contribution in [2.45, 2.75) is 12.8 Å². The molecule has 1 aromatic heterocycles. The molecule has 0 spiro atoms. The van der Waals surface area contributed by atoms with Gasteiger partial charge in [0.2, 0.25) is 11.7 Å². The van der Waals surface area contributed by atoms with Gasteiger partial charge in [-0.25, -0.2) is 0 Å². The molecule has 94 valence electrons. The molecule has 2 aromatic rings. The number of aromatic nitrogens is 2. The SMILES string of the molecule is C=C(C)COc1ccccc1-c1noc(CCl)n1. The zero-order valence-corrected chi connectivity index (χ0v) is 10.8. The minimum Gasteiger partial charge on any atom is -0.489 e.